The third kappa shape index (κ3) is 5.48. The lowest BCUT2D eigenvalue weighted by Gasteiger charge is -2.14. The van der Waals surface area contributed by atoms with E-state index in [1.807, 2.05) is 45.0 Å². The van der Waals surface area contributed by atoms with E-state index in [-0.39, 0.29) is 11.4 Å². The first kappa shape index (κ1) is 15.1. The quantitative estimate of drug-likeness (QED) is 0.617. The maximum Gasteiger partial charge on any atom is 0.304 e. The van der Waals surface area contributed by atoms with Crippen molar-refractivity contribution in [1.82, 2.24) is 0 Å². The highest BCUT2D eigenvalue weighted by molar-refractivity contribution is 5.66. The molecule has 3 heteroatoms. The lowest BCUT2D eigenvalue weighted by molar-refractivity contribution is -0.144. The molecule has 1 rings (SSSR count). The summed E-state index contributed by atoms with van der Waals surface area (Å²) in [6.45, 7) is 7.42. The van der Waals surface area contributed by atoms with Gasteiger partial charge in [-0.05, 0) is 32.9 Å². The molecular weight excluding hydrogens is 240 g/mol. The molecule has 0 aliphatic heterocycles. The lowest BCUT2D eigenvalue weighted by Crippen LogP contribution is -2.08. The minimum atomic E-state index is -0.539. The molecule has 0 amide bonds. The number of hydrogen-bond donors (Lipinski definition) is 0. The Morgan fingerprint density at radius 2 is 1.79 bits per heavy atom. The third-order valence-electron chi connectivity index (χ3n) is 2.28. The van der Waals surface area contributed by atoms with Crippen molar-refractivity contribution in [1.29, 1.82) is 0 Å². The Morgan fingerprint density at radius 3 is 2.21 bits per heavy atom. The Labute approximate surface area is 114 Å². The summed E-state index contributed by atoms with van der Waals surface area (Å²) in [5.41, 5.74) is 0.706. The first-order chi connectivity index (χ1) is 8.81. The number of ether oxygens (including phenoxy) is 2. The predicted octanol–water partition coefficient (Wildman–Crippen LogP) is 3.35. The summed E-state index contributed by atoms with van der Waals surface area (Å²) in [4.78, 5) is 11.2. The topological polar surface area (TPSA) is 35.5 Å². The maximum atomic E-state index is 11.2. The Kier molecular flexibility index (Phi) is 5.00. The Bertz CT molecular complexity index is 483. The van der Waals surface area contributed by atoms with Crippen LogP contribution >= 0.6 is 0 Å². The average molecular weight is 260 g/mol. The van der Waals surface area contributed by atoms with E-state index in [1.165, 1.54) is 6.92 Å². The van der Waals surface area contributed by atoms with E-state index in [0.29, 0.717) is 0 Å². The molecule has 1 unspecified atom stereocenters. The molecule has 3 nitrogen and oxygen atoms in total. The molecule has 1 atom stereocenters. The van der Waals surface area contributed by atoms with Crippen molar-refractivity contribution in [3.63, 3.8) is 0 Å². The van der Waals surface area contributed by atoms with Crippen LogP contribution in [0.2, 0.25) is 0 Å². The summed E-state index contributed by atoms with van der Waals surface area (Å²) in [7, 11) is 1.61. The molecule has 1 aromatic rings. The molecule has 0 saturated heterocycles. The summed E-state index contributed by atoms with van der Waals surface area (Å²) in [6.07, 6.45) is -0.539. The van der Waals surface area contributed by atoms with Gasteiger partial charge in [0.05, 0.1) is 7.11 Å². The van der Waals surface area contributed by atoms with E-state index in [1.54, 1.807) is 7.11 Å². The van der Waals surface area contributed by atoms with Gasteiger partial charge in [-0.25, -0.2) is 0 Å². The lowest BCUT2D eigenvalue weighted by atomic mass is 9.97. The minimum absolute atomic E-state index is 0.134. The first-order valence-electron chi connectivity index (χ1n) is 6.16. The van der Waals surface area contributed by atoms with Crippen LogP contribution < -0.4 is 4.74 Å². The molecule has 0 saturated carbocycles. The predicted molar refractivity (Wildman–Crippen MR) is 74.7 cm³/mol. The zero-order chi connectivity index (χ0) is 14.5. The van der Waals surface area contributed by atoms with Gasteiger partial charge in [-0.2, -0.15) is 0 Å². The Balaban J connectivity index is 3.00. The second-order valence-electron chi connectivity index (χ2n) is 5.28. The molecule has 0 N–H and O–H groups in total. The number of benzene rings is 1. The second-order valence-corrected chi connectivity index (χ2v) is 5.28. The van der Waals surface area contributed by atoms with Crippen molar-refractivity contribution in [3.05, 3.63) is 29.8 Å². The summed E-state index contributed by atoms with van der Waals surface area (Å²) >= 11 is 0. The molecule has 1 aromatic carbocycles. The van der Waals surface area contributed by atoms with Crippen LogP contribution in [0.5, 0.6) is 5.75 Å². The van der Waals surface area contributed by atoms with E-state index in [4.69, 9.17) is 9.47 Å². The SMILES string of the molecule is COc1ccc(C(C#CC(C)(C)C)OC(C)=O)cc1. The van der Waals surface area contributed by atoms with Gasteiger partial charge in [0, 0.05) is 17.9 Å². The van der Waals surface area contributed by atoms with E-state index < -0.39 is 6.10 Å². The summed E-state index contributed by atoms with van der Waals surface area (Å²) in [5, 5.41) is 0. The fourth-order valence-electron chi connectivity index (χ4n) is 1.41. The van der Waals surface area contributed by atoms with Gasteiger partial charge < -0.3 is 9.47 Å². The number of esters is 1. The molecule has 19 heavy (non-hydrogen) atoms. The number of rotatable bonds is 3. The van der Waals surface area contributed by atoms with Gasteiger partial charge in [0.25, 0.3) is 0 Å². The van der Waals surface area contributed by atoms with Gasteiger partial charge in [-0.1, -0.05) is 24.0 Å². The van der Waals surface area contributed by atoms with Gasteiger partial charge in [0.1, 0.15) is 5.75 Å². The third-order valence-corrected chi connectivity index (χ3v) is 2.28. The van der Waals surface area contributed by atoms with Crippen molar-refractivity contribution < 1.29 is 14.3 Å². The Morgan fingerprint density at radius 1 is 1.21 bits per heavy atom. The van der Waals surface area contributed by atoms with E-state index in [0.717, 1.165) is 11.3 Å². The van der Waals surface area contributed by atoms with Crippen LogP contribution in [-0.4, -0.2) is 13.1 Å². The van der Waals surface area contributed by atoms with Gasteiger partial charge in [0.2, 0.25) is 0 Å². The van der Waals surface area contributed by atoms with Crippen LogP contribution in [-0.2, 0) is 9.53 Å². The summed E-state index contributed by atoms with van der Waals surface area (Å²) < 4.78 is 10.4. The number of carbonyl (C=O) groups is 1. The Hall–Kier alpha value is -1.95. The fourth-order valence-corrected chi connectivity index (χ4v) is 1.41. The summed E-state index contributed by atoms with van der Waals surface area (Å²) in [5.74, 6) is 6.52. The highest BCUT2D eigenvalue weighted by Gasteiger charge is 2.13. The molecule has 0 spiro atoms. The van der Waals surface area contributed by atoms with Crippen LogP contribution in [0.1, 0.15) is 39.4 Å². The molecule has 0 bridgehead atoms. The number of carbonyl (C=O) groups excluding carboxylic acids is 1. The van der Waals surface area contributed by atoms with Gasteiger partial charge in [0.15, 0.2) is 6.10 Å². The molecule has 0 fully saturated rings. The van der Waals surface area contributed by atoms with Crippen LogP contribution in [0, 0.1) is 17.3 Å². The van der Waals surface area contributed by atoms with Gasteiger partial charge in [-0.3, -0.25) is 4.79 Å². The van der Waals surface area contributed by atoms with Crippen LogP contribution in [0.4, 0.5) is 0 Å². The average Bonchev–Trinajstić information content (AvgIpc) is 2.33. The largest absolute Gasteiger partial charge is 0.497 e. The minimum Gasteiger partial charge on any atom is -0.497 e. The molecule has 0 aromatic heterocycles. The maximum absolute atomic E-state index is 11.2. The zero-order valence-electron chi connectivity index (χ0n) is 12.1. The number of hydrogen-bond acceptors (Lipinski definition) is 3. The highest BCUT2D eigenvalue weighted by atomic mass is 16.5. The van der Waals surface area contributed by atoms with E-state index >= 15 is 0 Å². The normalized spacial score (nSPS) is 12.1. The zero-order valence-corrected chi connectivity index (χ0v) is 12.1. The van der Waals surface area contributed by atoms with Crippen molar-refractivity contribution >= 4 is 5.97 Å². The standard InChI is InChI=1S/C16H20O3/c1-12(17)19-15(10-11-16(2,3)4)13-6-8-14(18-5)9-7-13/h6-9,15H,1-5H3. The molecular formula is C16H20O3. The van der Waals surface area contributed by atoms with Crippen LogP contribution in [0.15, 0.2) is 24.3 Å². The van der Waals surface area contributed by atoms with Crippen molar-refractivity contribution in [2.24, 2.45) is 5.41 Å². The first-order valence-corrected chi connectivity index (χ1v) is 6.16. The summed E-state index contributed by atoms with van der Waals surface area (Å²) in [6, 6.07) is 7.35. The molecule has 0 radical (unpaired) electrons. The molecule has 102 valence electrons. The van der Waals surface area contributed by atoms with Gasteiger partial charge >= 0.3 is 5.97 Å². The smallest absolute Gasteiger partial charge is 0.304 e. The highest BCUT2D eigenvalue weighted by Crippen LogP contribution is 2.21. The van der Waals surface area contributed by atoms with Crippen molar-refractivity contribution in [2.75, 3.05) is 7.11 Å². The monoisotopic (exact) mass is 260 g/mol. The molecule has 0 aliphatic rings. The number of methoxy groups -OCH3 is 1. The van der Waals surface area contributed by atoms with Crippen LogP contribution in [0.3, 0.4) is 0 Å². The van der Waals surface area contributed by atoms with Crippen molar-refractivity contribution in [2.45, 2.75) is 33.8 Å². The van der Waals surface area contributed by atoms with E-state index in [2.05, 4.69) is 11.8 Å². The second kappa shape index (κ2) is 6.29. The van der Waals surface area contributed by atoms with Crippen LogP contribution in [0.25, 0.3) is 0 Å². The fraction of sp³-hybridized carbons (Fsp3) is 0.438. The molecule has 0 aliphatic carbocycles. The van der Waals surface area contributed by atoms with E-state index in [9.17, 15) is 4.79 Å². The van der Waals surface area contributed by atoms with Gasteiger partial charge in [-0.15, -0.1) is 0 Å². The van der Waals surface area contributed by atoms with Crippen molar-refractivity contribution in [3.8, 4) is 17.6 Å². The molecule has 0 heterocycles.